The number of hydrogen-bond donors (Lipinski definition) is 1. The summed E-state index contributed by atoms with van der Waals surface area (Å²) < 4.78 is 0. The van der Waals surface area contributed by atoms with Crippen LogP contribution in [0.3, 0.4) is 0 Å². The van der Waals surface area contributed by atoms with Crippen molar-refractivity contribution in [2.24, 2.45) is 0 Å². The number of anilines is 2. The van der Waals surface area contributed by atoms with Gasteiger partial charge in [0.25, 0.3) is 5.69 Å². The zero-order valence-corrected chi connectivity index (χ0v) is 11.4. The molecule has 0 atom stereocenters. The van der Waals surface area contributed by atoms with Gasteiger partial charge in [-0.1, -0.05) is 29.3 Å². The summed E-state index contributed by atoms with van der Waals surface area (Å²) in [4.78, 5) is 14.2. The number of hydrogen-bond acceptors (Lipinski definition) is 4. The van der Waals surface area contributed by atoms with Crippen LogP contribution in [0, 0.1) is 17.0 Å². The van der Waals surface area contributed by atoms with Gasteiger partial charge in [0.15, 0.2) is 0 Å². The second-order valence-corrected chi connectivity index (χ2v) is 4.62. The van der Waals surface area contributed by atoms with Crippen LogP contribution >= 0.6 is 23.2 Å². The first-order chi connectivity index (χ1) is 8.97. The van der Waals surface area contributed by atoms with Gasteiger partial charge in [0.05, 0.1) is 17.1 Å². The highest BCUT2D eigenvalue weighted by molar-refractivity contribution is 6.31. The number of nitro groups is 1. The van der Waals surface area contributed by atoms with Gasteiger partial charge < -0.3 is 5.32 Å². The first-order valence-electron chi connectivity index (χ1n) is 5.31. The van der Waals surface area contributed by atoms with Crippen LogP contribution in [-0.4, -0.2) is 9.91 Å². The SMILES string of the molecule is Cc1c(Cl)cccc1Nc1cc([N+](=O)[O-])cc(Cl)n1. The van der Waals surface area contributed by atoms with Crippen LogP contribution in [0.1, 0.15) is 5.56 Å². The van der Waals surface area contributed by atoms with Gasteiger partial charge in [-0.2, -0.15) is 0 Å². The first kappa shape index (κ1) is 13.6. The highest BCUT2D eigenvalue weighted by Gasteiger charge is 2.11. The first-order valence-corrected chi connectivity index (χ1v) is 6.07. The standard InChI is InChI=1S/C12H9Cl2N3O2/c1-7-9(13)3-2-4-10(7)15-12-6-8(17(18)19)5-11(14)16-12/h2-6H,1H3,(H,15,16). The molecule has 2 rings (SSSR count). The van der Waals surface area contributed by atoms with Gasteiger partial charge in [-0.3, -0.25) is 10.1 Å². The Balaban J connectivity index is 2.38. The molecule has 0 saturated heterocycles. The van der Waals surface area contributed by atoms with Gasteiger partial charge in [0, 0.05) is 10.7 Å². The Bertz CT molecular complexity index is 647. The number of nitrogens with zero attached hydrogens (tertiary/aromatic N) is 2. The van der Waals surface area contributed by atoms with Crippen LogP contribution in [0.25, 0.3) is 0 Å². The van der Waals surface area contributed by atoms with Gasteiger partial charge in [-0.25, -0.2) is 4.98 Å². The summed E-state index contributed by atoms with van der Waals surface area (Å²) in [7, 11) is 0. The second-order valence-electron chi connectivity index (χ2n) is 3.83. The predicted molar refractivity (Wildman–Crippen MR) is 75.4 cm³/mol. The van der Waals surface area contributed by atoms with E-state index in [0.29, 0.717) is 10.8 Å². The molecule has 0 spiro atoms. The average molecular weight is 298 g/mol. The van der Waals surface area contributed by atoms with Crippen LogP contribution in [0.5, 0.6) is 0 Å². The van der Waals surface area contributed by atoms with Crippen molar-refractivity contribution < 1.29 is 4.92 Å². The average Bonchev–Trinajstić information content (AvgIpc) is 2.34. The maximum absolute atomic E-state index is 10.7. The molecular formula is C12H9Cl2N3O2. The van der Waals surface area contributed by atoms with Crippen molar-refractivity contribution in [2.45, 2.75) is 6.92 Å². The Morgan fingerprint density at radius 1 is 1.32 bits per heavy atom. The quantitative estimate of drug-likeness (QED) is 0.519. The van der Waals surface area contributed by atoms with E-state index in [1.807, 2.05) is 6.92 Å². The van der Waals surface area contributed by atoms with Crippen molar-refractivity contribution in [3.8, 4) is 0 Å². The maximum Gasteiger partial charge on any atom is 0.276 e. The van der Waals surface area contributed by atoms with Crippen LogP contribution < -0.4 is 5.32 Å². The van der Waals surface area contributed by atoms with Crippen molar-refractivity contribution in [3.63, 3.8) is 0 Å². The molecule has 0 saturated carbocycles. The number of rotatable bonds is 3. The molecule has 1 aromatic carbocycles. The molecule has 0 unspecified atom stereocenters. The van der Waals surface area contributed by atoms with E-state index < -0.39 is 4.92 Å². The van der Waals surface area contributed by atoms with Crippen LogP contribution in [0.15, 0.2) is 30.3 Å². The summed E-state index contributed by atoms with van der Waals surface area (Å²) in [5.41, 5.74) is 1.42. The molecule has 0 bridgehead atoms. The van der Waals surface area contributed by atoms with Crippen molar-refractivity contribution >= 4 is 40.4 Å². The largest absolute Gasteiger partial charge is 0.340 e. The van der Waals surface area contributed by atoms with Gasteiger partial charge in [-0.05, 0) is 24.6 Å². The summed E-state index contributed by atoms with van der Waals surface area (Å²) in [5.74, 6) is 0.296. The van der Waals surface area contributed by atoms with E-state index in [2.05, 4.69) is 10.3 Å². The minimum Gasteiger partial charge on any atom is -0.340 e. The normalized spacial score (nSPS) is 10.3. The lowest BCUT2D eigenvalue weighted by Gasteiger charge is -2.09. The summed E-state index contributed by atoms with van der Waals surface area (Å²) >= 11 is 11.7. The molecule has 7 heteroatoms. The van der Waals surface area contributed by atoms with E-state index in [4.69, 9.17) is 23.2 Å². The molecule has 19 heavy (non-hydrogen) atoms. The molecule has 0 aliphatic carbocycles. The molecule has 1 heterocycles. The number of pyridine rings is 1. The minimum atomic E-state index is -0.524. The molecule has 0 aliphatic rings. The van der Waals surface area contributed by atoms with Crippen molar-refractivity contribution in [3.05, 3.63) is 56.2 Å². The van der Waals surface area contributed by atoms with E-state index >= 15 is 0 Å². The maximum atomic E-state index is 10.7. The third kappa shape index (κ3) is 3.13. The second kappa shape index (κ2) is 5.42. The van der Waals surface area contributed by atoms with Crippen LogP contribution in [0.4, 0.5) is 17.2 Å². The molecule has 2 aromatic rings. The number of halogens is 2. The molecule has 5 nitrogen and oxygen atoms in total. The fourth-order valence-corrected chi connectivity index (χ4v) is 1.91. The molecule has 1 aromatic heterocycles. The third-order valence-corrected chi connectivity index (χ3v) is 3.12. The number of aromatic nitrogens is 1. The van der Waals surface area contributed by atoms with E-state index in [1.54, 1.807) is 18.2 Å². The van der Waals surface area contributed by atoms with Gasteiger partial charge >= 0.3 is 0 Å². The predicted octanol–water partition coefficient (Wildman–Crippen LogP) is 4.35. The lowest BCUT2D eigenvalue weighted by molar-refractivity contribution is -0.384. The van der Waals surface area contributed by atoms with E-state index in [-0.39, 0.29) is 10.8 Å². The monoisotopic (exact) mass is 297 g/mol. The fourth-order valence-electron chi connectivity index (χ4n) is 1.53. The molecular weight excluding hydrogens is 289 g/mol. The lowest BCUT2D eigenvalue weighted by atomic mass is 10.2. The van der Waals surface area contributed by atoms with Crippen molar-refractivity contribution in [1.82, 2.24) is 4.98 Å². The Hall–Kier alpha value is -1.85. The fraction of sp³-hybridized carbons (Fsp3) is 0.0833. The van der Waals surface area contributed by atoms with Gasteiger partial charge in [0.1, 0.15) is 11.0 Å². The lowest BCUT2D eigenvalue weighted by Crippen LogP contribution is -1.98. The van der Waals surface area contributed by atoms with Gasteiger partial charge in [0.2, 0.25) is 0 Å². The Labute approximate surface area is 119 Å². The smallest absolute Gasteiger partial charge is 0.276 e. The molecule has 0 fully saturated rings. The molecule has 0 amide bonds. The van der Waals surface area contributed by atoms with E-state index in [9.17, 15) is 10.1 Å². The minimum absolute atomic E-state index is 0.0522. The molecule has 1 N–H and O–H groups in total. The highest BCUT2D eigenvalue weighted by Crippen LogP contribution is 2.27. The summed E-state index contributed by atoms with van der Waals surface area (Å²) in [6.07, 6.45) is 0. The van der Waals surface area contributed by atoms with Gasteiger partial charge in [-0.15, -0.1) is 0 Å². The van der Waals surface area contributed by atoms with Crippen molar-refractivity contribution in [1.29, 1.82) is 0 Å². The topological polar surface area (TPSA) is 68.1 Å². The third-order valence-electron chi connectivity index (χ3n) is 2.52. The summed E-state index contributed by atoms with van der Waals surface area (Å²) in [6, 6.07) is 7.84. The Morgan fingerprint density at radius 2 is 2.05 bits per heavy atom. The molecule has 0 aliphatic heterocycles. The molecule has 0 radical (unpaired) electrons. The van der Waals surface area contributed by atoms with E-state index in [0.717, 1.165) is 11.3 Å². The summed E-state index contributed by atoms with van der Waals surface area (Å²) in [5, 5.41) is 14.4. The Morgan fingerprint density at radius 3 is 2.74 bits per heavy atom. The van der Waals surface area contributed by atoms with Crippen LogP contribution in [0.2, 0.25) is 10.2 Å². The zero-order valence-electron chi connectivity index (χ0n) is 9.85. The number of benzene rings is 1. The number of nitrogens with one attached hydrogen (secondary N) is 1. The van der Waals surface area contributed by atoms with E-state index in [1.165, 1.54) is 12.1 Å². The Kier molecular flexibility index (Phi) is 3.87. The zero-order chi connectivity index (χ0) is 14.0. The summed E-state index contributed by atoms with van der Waals surface area (Å²) in [6.45, 7) is 1.84. The van der Waals surface area contributed by atoms with Crippen LogP contribution in [-0.2, 0) is 0 Å². The molecule has 98 valence electrons. The highest BCUT2D eigenvalue weighted by atomic mass is 35.5. The van der Waals surface area contributed by atoms with Crippen molar-refractivity contribution in [2.75, 3.05) is 5.32 Å².